The number of rotatable bonds is 8. The standard InChI is InChI=1S/C44H42F4O4P2S2/c1-25-35-23-37(27-7-15-31(49-3)16-8-27)55-39(35)41(29-11-19-33(51-5)20-12-29,30-13-21-34(52-6)22-14-30)40-36(26(2)43(46,54)44(47,48)42(25,45)53)24-38(56-40)28-9-17-32(50-4)18-10-28/h7-26H,53-54H2,1-6H3. The molecule has 0 saturated heterocycles. The summed E-state index contributed by atoms with van der Waals surface area (Å²) in [6.07, 6.45) is 0. The number of methoxy groups -OCH3 is 4. The molecule has 0 saturated carbocycles. The molecule has 292 valence electrons. The fourth-order valence-electron chi connectivity index (χ4n) is 7.60. The molecule has 6 atom stereocenters. The molecule has 1 aliphatic carbocycles. The zero-order valence-electron chi connectivity index (χ0n) is 31.7. The Bertz CT molecular complexity index is 2160. The summed E-state index contributed by atoms with van der Waals surface area (Å²) in [7, 11) is 9.77. The lowest BCUT2D eigenvalue weighted by Crippen LogP contribution is -2.57. The van der Waals surface area contributed by atoms with Crippen molar-refractivity contribution in [2.24, 2.45) is 0 Å². The fraction of sp³-hybridized carbons (Fsp3) is 0.273. The number of benzene rings is 4. The van der Waals surface area contributed by atoms with E-state index in [1.54, 1.807) is 59.1 Å². The molecule has 2 heterocycles. The van der Waals surface area contributed by atoms with Gasteiger partial charge in [-0.05, 0) is 118 Å². The van der Waals surface area contributed by atoms with Crippen LogP contribution in [0.2, 0.25) is 0 Å². The Hall–Kier alpha value is -3.94. The maximum atomic E-state index is 17.5. The van der Waals surface area contributed by atoms with Gasteiger partial charge in [-0.2, -0.15) is 8.78 Å². The van der Waals surface area contributed by atoms with Crippen molar-refractivity contribution in [3.8, 4) is 43.9 Å². The van der Waals surface area contributed by atoms with Gasteiger partial charge < -0.3 is 18.9 Å². The molecule has 6 aromatic rings. The van der Waals surface area contributed by atoms with Crippen molar-refractivity contribution >= 4 is 41.2 Å². The summed E-state index contributed by atoms with van der Waals surface area (Å²) < 4.78 is 91.1. The van der Waals surface area contributed by atoms with Gasteiger partial charge in [0.15, 0.2) is 10.8 Å². The molecular weight excluding hydrogens is 795 g/mol. The minimum Gasteiger partial charge on any atom is -0.497 e. The van der Waals surface area contributed by atoms with Gasteiger partial charge in [0.1, 0.15) is 23.0 Å². The number of alkyl halides is 4. The van der Waals surface area contributed by atoms with Crippen molar-refractivity contribution in [2.45, 2.75) is 47.8 Å². The van der Waals surface area contributed by atoms with Gasteiger partial charge in [-0.15, -0.1) is 22.7 Å². The molecule has 0 bridgehead atoms. The molecule has 0 amide bonds. The predicted octanol–water partition coefficient (Wildman–Crippen LogP) is 12.5. The van der Waals surface area contributed by atoms with Crippen molar-refractivity contribution < 1.29 is 36.5 Å². The van der Waals surface area contributed by atoms with Crippen molar-refractivity contribution in [1.29, 1.82) is 0 Å². The van der Waals surface area contributed by atoms with Crippen LogP contribution in [0.5, 0.6) is 23.0 Å². The Balaban J connectivity index is 1.70. The Kier molecular flexibility index (Phi) is 10.9. The van der Waals surface area contributed by atoms with Gasteiger partial charge in [0, 0.05) is 31.3 Å². The number of ether oxygens (including phenoxy) is 4. The van der Waals surface area contributed by atoms with Crippen molar-refractivity contribution in [3.05, 3.63) is 141 Å². The molecular formula is C44H42F4O4P2S2. The highest BCUT2D eigenvalue weighted by atomic mass is 32.1. The quantitative estimate of drug-likeness (QED) is 0.113. The highest BCUT2D eigenvalue weighted by Crippen LogP contribution is 2.66. The monoisotopic (exact) mass is 836 g/mol. The minimum absolute atomic E-state index is 0.324. The lowest BCUT2D eigenvalue weighted by molar-refractivity contribution is -0.169. The van der Waals surface area contributed by atoms with E-state index >= 15 is 17.6 Å². The van der Waals surface area contributed by atoms with Gasteiger partial charge in [-0.3, -0.25) is 0 Å². The molecule has 0 spiro atoms. The first-order valence-electron chi connectivity index (χ1n) is 17.8. The lowest BCUT2D eigenvalue weighted by atomic mass is 9.66. The second-order valence-electron chi connectivity index (χ2n) is 14.0. The van der Waals surface area contributed by atoms with Crippen LogP contribution in [0.1, 0.15) is 57.7 Å². The van der Waals surface area contributed by atoms with Crippen LogP contribution in [0.15, 0.2) is 109 Å². The molecule has 7 rings (SSSR count). The Morgan fingerprint density at radius 1 is 0.482 bits per heavy atom. The van der Waals surface area contributed by atoms with Gasteiger partial charge in [0.05, 0.1) is 33.9 Å². The van der Waals surface area contributed by atoms with Gasteiger partial charge in [-0.25, -0.2) is 8.78 Å². The lowest BCUT2D eigenvalue weighted by Gasteiger charge is -2.47. The number of halogens is 4. The van der Waals surface area contributed by atoms with Gasteiger partial charge in [0.2, 0.25) is 0 Å². The van der Waals surface area contributed by atoms with Crippen LogP contribution in [-0.4, -0.2) is 45.2 Å². The molecule has 4 aromatic carbocycles. The molecule has 12 heteroatoms. The number of hydrogen-bond donors (Lipinski definition) is 0. The van der Waals surface area contributed by atoms with Crippen molar-refractivity contribution in [2.75, 3.05) is 28.4 Å². The topological polar surface area (TPSA) is 36.9 Å². The van der Waals surface area contributed by atoms with E-state index in [1.165, 1.54) is 36.5 Å². The second-order valence-corrected chi connectivity index (χ2v) is 17.8. The van der Waals surface area contributed by atoms with E-state index in [1.807, 2.05) is 97.1 Å². The molecule has 0 fully saturated rings. The van der Waals surface area contributed by atoms with E-state index in [4.69, 9.17) is 18.9 Å². The molecule has 1 aliphatic rings. The third-order valence-electron chi connectivity index (χ3n) is 11.2. The molecule has 2 aromatic heterocycles. The second kappa shape index (κ2) is 15.1. The molecule has 0 N–H and O–H groups in total. The highest BCUT2D eigenvalue weighted by molar-refractivity contribution is 7.21. The molecule has 4 nitrogen and oxygen atoms in total. The van der Waals surface area contributed by atoms with Crippen LogP contribution >= 0.6 is 41.2 Å². The van der Waals surface area contributed by atoms with Crippen molar-refractivity contribution in [1.82, 2.24) is 0 Å². The average Bonchev–Trinajstić information content (AvgIpc) is 3.87. The number of thiophene rings is 2. The Labute approximate surface area is 337 Å². The summed E-state index contributed by atoms with van der Waals surface area (Å²) in [5.41, 5.74) is 2.44. The number of fused-ring (bicyclic) bond motifs is 2. The van der Waals surface area contributed by atoms with E-state index in [0.29, 0.717) is 43.9 Å². The first kappa shape index (κ1) is 40.3. The van der Waals surface area contributed by atoms with E-state index in [9.17, 15) is 0 Å². The maximum absolute atomic E-state index is 17.5. The Morgan fingerprint density at radius 2 is 0.768 bits per heavy atom. The summed E-state index contributed by atoms with van der Waals surface area (Å²) in [4.78, 5) is 2.69. The third-order valence-corrected chi connectivity index (χ3v) is 15.5. The van der Waals surface area contributed by atoms with Crippen LogP contribution in [0.3, 0.4) is 0 Å². The maximum Gasteiger partial charge on any atom is 0.322 e. The van der Waals surface area contributed by atoms with E-state index in [0.717, 1.165) is 32.0 Å². The van der Waals surface area contributed by atoms with Crippen LogP contribution in [0.25, 0.3) is 20.9 Å². The normalized spacial score (nSPS) is 22.7. The molecule has 6 unspecified atom stereocenters. The largest absolute Gasteiger partial charge is 0.497 e. The first-order valence-corrected chi connectivity index (χ1v) is 20.6. The van der Waals surface area contributed by atoms with Gasteiger partial charge >= 0.3 is 5.92 Å². The SMILES string of the molecule is COc1ccc(-c2cc3c(s2)C(c2ccc(OC)cc2)(c2ccc(OC)cc2)c2sc(-c4ccc(OC)cc4)cc2C(C)C(F)(P)C(F)(F)C(F)(P)C3C)cc1. The van der Waals surface area contributed by atoms with E-state index in [-0.39, 0.29) is 0 Å². The molecule has 0 aliphatic heterocycles. The van der Waals surface area contributed by atoms with Gasteiger partial charge in [0.25, 0.3) is 0 Å². The highest BCUT2D eigenvalue weighted by Gasteiger charge is 2.69. The first-order chi connectivity index (χ1) is 26.6. The fourth-order valence-corrected chi connectivity index (χ4v) is 11.6. The van der Waals surface area contributed by atoms with Crippen LogP contribution in [0.4, 0.5) is 17.6 Å². The zero-order chi connectivity index (χ0) is 40.2. The Morgan fingerprint density at radius 3 is 1.05 bits per heavy atom. The summed E-state index contributed by atoms with van der Waals surface area (Å²) in [5.74, 6) is -5.01. The van der Waals surface area contributed by atoms with Crippen LogP contribution in [-0.2, 0) is 5.41 Å². The predicted molar refractivity (Wildman–Crippen MR) is 226 cm³/mol. The third kappa shape index (κ3) is 6.32. The van der Waals surface area contributed by atoms with Crippen LogP contribution in [0, 0.1) is 0 Å². The van der Waals surface area contributed by atoms with E-state index in [2.05, 4.69) is 0 Å². The summed E-state index contributed by atoms with van der Waals surface area (Å²) in [6.45, 7) is 2.84. The number of hydrogen-bond acceptors (Lipinski definition) is 6. The molecule has 56 heavy (non-hydrogen) atoms. The van der Waals surface area contributed by atoms with E-state index < -0.39 is 34.0 Å². The molecule has 0 radical (unpaired) electrons. The van der Waals surface area contributed by atoms with Gasteiger partial charge in [-0.1, -0.05) is 56.6 Å². The summed E-state index contributed by atoms with van der Waals surface area (Å²) in [6, 6.07) is 33.6. The average molecular weight is 837 g/mol. The van der Waals surface area contributed by atoms with Crippen molar-refractivity contribution in [3.63, 3.8) is 0 Å². The zero-order valence-corrected chi connectivity index (χ0v) is 35.6. The smallest absolute Gasteiger partial charge is 0.322 e. The van der Waals surface area contributed by atoms with Crippen LogP contribution < -0.4 is 18.9 Å². The summed E-state index contributed by atoms with van der Waals surface area (Å²) in [5, 5.41) is -6.86. The minimum atomic E-state index is -4.49. The summed E-state index contributed by atoms with van der Waals surface area (Å²) >= 11 is 2.81.